The van der Waals surface area contributed by atoms with Gasteiger partial charge in [0.2, 0.25) is 0 Å². The van der Waals surface area contributed by atoms with Gasteiger partial charge < -0.3 is 19.5 Å². The molecular weight excluding hydrogens is 334 g/mol. The monoisotopic (exact) mass is 359 g/mol. The van der Waals surface area contributed by atoms with Crippen molar-refractivity contribution in [2.24, 2.45) is 13.0 Å². The second kappa shape index (κ2) is 7.48. The summed E-state index contributed by atoms with van der Waals surface area (Å²) in [6.45, 7) is 6.84. The third kappa shape index (κ3) is 4.06. The van der Waals surface area contributed by atoms with Crippen LogP contribution in [0.5, 0.6) is 0 Å². The molecule has 1 aromatic rings. The van der Waals surface area contributed by atoms with E-state index in [1.165, 1.54) is 17.7 Å². The van der Waals surface area contributed by atoms with E-state index < -0.39 is 18.2 Å². The maximum atomic E-state index is 12.6. The molecule has 2 N–H and O–H groups in total. The van der Waals surface area contributed by atoms with Crippen LogP contribution < -0.4 is 5.56 Å². The number of hydrogen-bond acceptors (Lipinski definition) is 5. The lowest BCUT2D eigenvalue weighted by atomic mass is 10.00. The van der Waals surface area contributed by atoms with Crippen LogP contribution in [-0.4, -0.2) is 39.6 Å². The predicted molar refractivity (Wildman–Crippen MR) is 98.4 cm³/mol. The molecule has 0 spiro atoms. The van der Waals surface area contributed by atoms with E-state index in [-0.39, 0.29) is 18.1 Å². The molecular formula is C20H25NO5. The lowest BCUT2D eigenvalue weighted by Gasteiger charge is -2.13. The van der Waals surface area contributed by atoms with E-state index in [0.29, 0.717) is 28.7 Å². The number of ether oxygens (including phenoxy) is 1. The summed E-state index contributed by atoms with van der Waals surface area (Å²) in [5, 5.41) is 19.1. The Hall–Kier alpha value is -2.36. The quantitative estimate of drug-likeness (QED) is 0.619. The highest BCUT2D eigenvalue weighted by molar-refractivity contribution is 6.19. The van der Waals surface area contributed by atoms with Crippen molar-refractivity contribution >= 4 is 11.5 Å². The van der Waals surface area contributed by atoms with Crippen molar-refractivity contribution in [3.8, 4) is 11.8 Å². The molecule has 1 aliphatic rings. The first-order chi connectivity index (χ1) is 12.1. The summed E-state index contributed by atoms with van der Waals surface area (Å²) in [6, 6.07) is 0. The molecule has 2 rings (SSSR count). The first-order valence-corrected chi connectivity index (χ1v) is 8.53. The highest BCUT2D eigenvalue weighted by Gasteiger charge is 2.31. The molecule has 140 valence electrons. The molecule has 26 heavy (non-hydrogen) atoms. The van der Waals surface area contributed by atoms with Crippen molar-refractivity contribution in [3.05, 3.63) is 38.8 Å². The number of carbonyl (C=O) groups is 1. The highest BCUT2D eigenvalue weighted by atomic mass is 16.5. The third-order valence-electron chi connectivity index (χ3n) is 4.12. The molecule has 1 atom stereocenters. The molecule has 1 aromatic heterocycles. The number of carbonyl (C=O) groups excluding carboxylic acids is 1. The minimum Gasteiger partial charge on any atom is -0.462 e. The van der Waals surface area contributed by atoms with Crippen molar-refractivity contribution in [3.63, 3.8) is 0 Å². The van der Waals surface area contributed by atoms with Gasteiger partial charge in [-0.25, -0.2) is 4.79 Å². The summed E-state index contributed by atoms with van der Waals surface area (Å²) in [5.74, 6) is 5.13. The molecule has 0 aliphatic heterocycles. The topological polar surface area (TPSA) is 88.8 Å². The smallest absolute Gasteiger partial charge is 0.338 e. The summed E-state index contributed by atoms with van der Waals surface area (Å²) >= 11 is 0. The average Bonchev–Trinajstić information content (AvgIpc) is 2.92. The summed E-state index contributed by atoms with van der Waals surface area (Å²) in [7, 11) is 1.61. The first kappa shape index (κ1) is 20.0. The van der Waals surface area contributed by atoms with Crippen LogP contribution in [0.3, 0.4) is 0 Å². The molecule has 1 unspecified atom stereocenters. The van der Waals surface area contributed by atoms with Gasteiger partial charge in [0.25, 0.3) is 5.56 Å². The van der Waals surface area contributed by atoms with Crippen LogP contribution in [0.2, 0.25) is 0 Å². The Morgan fingerprint density at radius 2 is 2.12 bits per heavy atom. The second-order valence-electron chi connectivity index (χ2n) is 7.32. The van der Waals surface area contributed by atoms with E-state index in [1.54, 1.807) is 14.0 Å². The molecule has 0 bridgehead atoms. The van der Waals surface area contributed by atoms with Gasteiger partial charge in [0.1, 0.15) is 5.60 Å². The number of pyridine rings is 1. The fraction of sp³-hybridized carbons (Fsp3) is 0.500. The minimum absolute atomic E-state index is 0.189. The molecule has 0 fully saturated rings. The van der Waals surface area contributed by atoms with Crippen molar-refractivity contribution in [2.45, 2.75) is 39.7 Å². The van der Waals surface area contributed by atoms with E-state index in [9.17, 15) is 19.8 Å². The lowest BCUT2D eigenvalue weighted by molar-refractivity contribution is -0.137. The molecule has 6 nitrogen and oxygen atoms in total. The fourth-order valence-electron chi connectivity index (χ4n) is 2.74. The van der Waals surface area contributed by atoms with Crippen LogP contribution in [0.4, 0.5) is 0 Å². The number of aromatic nitrogens is 1. The zero-order chi connectivity index (χ0) is 19.6. The van der Waals surface area contributed by atoms with Gasteiger partial charge in [0, 0.05) is 36.4 Å². The van der Waals surface area contributed by atoms with Gasteiger partial charge in [-0.15, -0.1) is 0 Å². The number of rotatable bonds is 4. The number of aliphatic hydroxyl groups is 2. The number of allylic oxidation sites excluding steroid dienone is 1. The molecule has 6 heteroatoms. The number of aryl methyl sites for hydroxylation is 1. The zero-order valence-electron chi connectivity index (χ0n) is 15.8. The molecule has 0 aromatic carbocycles. The van der Waals surface area contributed by atoms with Crippen LogP contribution in [0.1, 0.15) is 44.4 Å². The number of esters is 1. The Morgan fingerprint density at radius 1 is 1.46 bits per heavy atom. The fourth-order valence-corrected chi connectivity index (χ4v) is 2.74. The van der Waals surface area contributed by atoms with E-state index in [4.69, 9.17) is 4.74 Å². The Morgan fingerprint density at radius 3 is 2.69 bits per heavy atom. The van der Waals surface area contributed by atoms with Crippen LogP contribution in [0.15, 0.2) is 16.6 Å². The average molecular weight is 359 g/mol. The minimum atomic E-state index is -1.57. The molecule has 1 aliphatic carbocycles. The van der Waals surface area contributed by atoms with Gasteiger partial charge in [-0.3, -0.25) is 4.79 Å². The van der Waals surface area contributed by atoms with Crippen molar-refractivity contribution < 1.29 is 19.7 Å². The predicted octanol–water partition coefficient (Wildman–Crippen LogP) is 1.01. The van der Waals surface area contributed by atoms with Crippen molar-refractivity contribution in [2.75, 3.05) is 13.2 Å². The summed E-state index contributed by atoms with van der Waals surface area (Å²) in [4.78, 5) is 25.1. The normalized spacial score (nSPS) is 15.4. The van der Waals surface area contributed by atoms with E-state index in [2.05, 4.69) is 11.8 Å². The number of hydrogen-bond donors (Lipinski definition) is 2. The number of nitrogens with zero attached hydrogens (tertiary/aromatic N) is 1. The summed E-state index contributed by atoms with van der Waals surface area (Å²) < 4.78 is 6.77. The highest BCUT2D eigenvalue weighted by Crippen LogP contribution is 2.34. The van der Waals surface area contributed by atoms with Crippen LogP contribution >= 0.6 is 0 Å². The Labute approximate surface area is 153 Å². The Balaban J connectivity index is 2.58. The molecule has 0 saturated heterocycles. The summed E-state index contributed by atoms with van der Waals surface area (Å²) in [5.41, 5.74) is 0.782. The van der Waals surface area contributed by atoms with Crippen molar-refractivity contribution in [1.29, 1.82) is 0 Å². The molecule has 1 heterocycles. The van der Waals surface area contributed by atoms with Gasteiger partial charge in [-0.1, -0.05) is 31.3 Å². The SMILES string of the molecule is CC1=C(C(=O)OCC(C)C)c2c(C#CC(C)(O)CO)cn(C)c(=O)c2C1. The van der Waals surface area contributed by atoms with Crippen molar-refractivity contribution in [1.82, 2.24) is 4.57 Å². The van der Waals surface area contributed by atoms with E-state index in [0.717, 1.165) is 5.57 Å². The Kier molecular flexibility index (Phi) is 5.74. The lowest BCUT2D eigenvalue weighted by Crippen LogP contribution is -2.26. The van der Waals surface area contributed by atoms with E-state index in [1.807, 2.05) is 13.8 Å². The van der Waals surface area contributed by atoms with E-state index >= 15 is 0 Å². The summed E-state index contributed by atoms with van der Waals surface area (Å²) in [6.07, 6.45) is 1.90. The number of fused-ring (bicyclic) bond motifs is 1. The van der Waals surface area contributed by atoms with Gasteiger partial charge in [0.05, 0.1) is 18.8 Å². The maximum Gasteiger partial charge on any atom is 0.338 e. The van der Waals surface area contributed by atoms with Gasteiger partial charge in [0.15, 0.2) is 0 Å². The third-order valence-corrected chi connectivity index (χ3v) is 4.12. The van der Waals surface area contributed by atoms with Gasteiger partial charge >= 0.3 is 5.97 Å². The van der Waals surface area contributed by atoms with Gasteiger partial charge in [-0.2, -0.15) is 0 Å². The van der Waals surface area contributed by atoms with Crippen LogP contribution in [-0.2, 0) is 23.0 Å². The van der Waals surface area contributed by atoms with Crippen LogP contribution in [0.25, 0.3) is 5.57 Å². The molecule has 0 saturated carbocycles. The van der Waals surface area contributed by atoms with Gasteiger partial charge in [-0.05, 0) is 19.8 Å². The maximum absolute atomic E-state index is 12.6. The second-order valence-corrected chi connectivity index (χ2v) is 7.32. The standard InChI is InChI=1S/C20H25NO5/c1-12(2)10-26-19(24)16-13(3)8-15-17(16)14(9-21(5)18(15)23)6-7-20(4,25)11-22/h9,12,22,25H,8,10-11H2,1-5H3. The molecule has 0 amide bonds. The molecule has 0 radical (unpaired) electrons. The zero-order valence-corrected chi connectivity index (χ0v) is 15.8. The van der Waals surface area contributed by atoms with Crippen LogP contribution in [0, 0.1) is 17.8 Å². The largest absolute Gasteiger partial charge is 0.462 e. The first-order valence-electron chi connectivity index (χ1n) is 8.53. The number of aliphatic hydroxyl groups excluding tert-OH is 1. The Bertz CT molecular complexity index is 878.